The Hall–Kier alpha value is -5.77. The van der Waals surface area contributed by atoms with Crippen molar-refractivity contribution in [1.29, 1.82) is 0 Å². The molecular formula is C47H40Cl4N4O4. The second-order valence-electron chi connectivity index (χ2n) is 13.1. The maximum atomic E-state index is 10.9. The van der Waals surface area contributed by atoms with Crippen molar-refractivity contribution in [2.75, 3.05) is 7.11 Å². The number of hydrogen-bond acceptors (Lipinski definition) is 5. The van der Waals surface area contributed by atoms with Crippen LogP contribution in [0.4, 0.5) is 0 Å². The van der Waals surface area contributed by atoms with E-state index in [0.29, 0.717) is 26.7 Å². The molecule has 8 nitrogen and oxygen atoms in total. The van der Waals surface area contributed by atoms with Gasteiger partial charge in [-0.15, -0.1) is 0 Å². The van der Waals surface area contributed by atoms with Gasteiger partial charge in [0.15, 0.2) is 0 Å². The third kappa shape index (κ3) is 11.5. The topological polar surface area (TPSA) is 91.4 Å². The Bertz CT molecular complexity index is 2580. The van der Waals surface area contributed by atoms with E-state index in [1.54, 1.807) is 49.6 Å². The summed E-state index contributed by atoms with van der Waals surface area (Å²) in [5.74, 6) is 2.33. The number of carboxylic acids is 1. The number of benzene rings is 5. The van der Waals surface area contributed by atoms with Crippen LogP contribution >= 0.6 is 46.4 Å². The number of aryl methyl sites for hydroxylation is 2. The van der Waals surface area contributed by atoms with E-state index in [1.165, 1.54) is 0 Å². The molecule has 0 saturated heterocycles. The van der Waals surface area contributed by atoms with Gasteiger partial charge in [0.05, 0.1) is 34.1 Å². The second-order valence-corrected chi connectivity index (χ2v) is 14.8. The van der Waals surface area contributed by atoms with Crippen molar-refractivity contribution in [1.82, 2.24) is 19.1 Å². The Balaban J connectivity index is 0.000000208. The molecule has 0 saturated carbocycles. The van der Waals surface area contributed by atoms with Crippen molar-refractivity contribution < 1.29 is 19.4 Å². The molecule has 7 rings (SSSR count). The van der Waals surface area contributed by atoms with E-state index in [1.807, 2.05) is 103 Å². The predicted octanol–water partition coefficient (Wildman–Crippen LogP) is 13.4. The minimum Gasteiger partial charge on any atom is -0.497 e. The van der Waals surface area contributed by atoms with Crippen molar-refractivity contribution in [3.8, 4) is 34.0 Å². The van der Waals surface area contributed by atoms with Crippen LogP contribution in [-0.2, 0) is 19.7 Å². The number of aromatic nitrogens is 4. The number of carboxylic acid groups (broad SMARTS) is 1. The molecule has 0 radical (unpaired) electrons. The molecule has 0 aliphatic carbocycles. The fraction of sp³-hybridized carbons (Fsp3) is 0.128. The van der Waals surface area contributed by atoms with E-state index >= 15 is 0 Å². The lowest BCUT2D eigenvalue weighted by Gasteiger charge is -2.07. The fourth-order valence-electron chi connectivity index (χ4n) is 5.93. The van der Waals surface area contributed by atoms with E-state index in [4.69, 9.17) is 71.0 Å². The average Bonchev–Trinajstić information content (AvgIpc) is 3.86. The van der Waals surface area contributed by atoms with Crippen LogP contribution in [0.1, 0.15) is 52.5 Å². The number of nitrogens with zero attached hydrogens (tertiary/aromatic N) is 4. The van der Waals surface area contributed by atoms with Gasteiger partial charge in [-0.2, -0.15) is 0 Å². The number of imidazole rings is 2. The maximum absolute atomic E-state index is 10.9. The number of carbonyl (C=O) groups is 1. The first-order valence-electron chi connectivity index (χ1n) is 18.6. The normalized spacial score (nSPS) is 11.2. The monoisotopic (exact) mass is 864 g/mol. The van der Waals surface area contributed by atoms with Crippen molar-refractivity contribution in [3.63, 3.8) is 0 Å². The van der Waals surface area contributed by atoms with E-state index in [9.17, 15) is 4.79 Å². The summed E-state index contributed by atoms with van der Waals surface area (Å²) in [5.41, 5.74) is 6.59. The summed E-state index contributed by atoms with van der Waals surface area (Å²) >= 11 is 24.7. The average molecular weight is 867 g/mol. The molecule has 0 spiro atoms. The van der Waals surface area contributed by atoms with Crippen molar-refractivity contribution in [2.45, 2.75) is 33.5 Å². The molecule has 59 heavy (non-hydrogen) atoms. The molecule has 0 bridgehead atoms. The number of rotatable bonds is 13. The summed E-state index contributed by atoms with van der Waals surface area (Å²) in [4.78, 5) is 20.4. The number of ether oxygens (including phenoxy) is 2. The van der Waals surface area contributed by atoms with Gasteiger partial charge >= 0.3 is 5.97 Å². The first kappa shape index (κ1) is 42.8. The summed E-state index contributed by atoms with van der Waals surface area (Å²) in [6.45, 7) is 6.10. The summed E-state index contributed by atoms with van der Waals surface area (Å²) in [6, 6.07) is 33.1. The van der Waals surface area contributed by atoms with E-state index in [0.717, 1.165) is 75.4 Å². The Kier molecular flexibility index (Phi) is 14.7. The van der Waals surface area contributed by atoms with Crippen LogP contribution in [0.2, 0.25) is 20.1 Å². The Morgan fingerprint density at radius 1 is 0.627 bits per heavy atom. The molecule has 0 aliphatic heterocycles. The Labute approximate surface area is 363 Å². The highest BCUT2D eigenvalue weighted by atomic mass is 35.5. The Morgan fingerprint density at radius 3 is 1.49 bits per heavy atom. The third-order valence-electron chi connectivity index (χ3n) is 9.16. The molecule has 2 aromatic heterocycles. The molecule has 0 atom stereocenters. The van der Waals surface area contributed by atoms with Crippen molar-refractivity contribution >= 4 is 76.7 Å². The summed E-state index contributed by atoms with van der Waals surface area (Å²) in [5, 5.41) is 11.3. The lowest BCUT2D eigenvalue weighted by molar-refractivity contribution is 0.0696. The summed E-state index contributed by atoms with van der Waals surface area (Å²) < 4.78 is 15.1. The minimum absolute atomic E-state index is 0.256. The SMILES string of the molecule is CCn1cc(-c2ccc(Cl)cc2Cl)nc1/C=C/c1ccc(OC)cc1.CCn1cc(-c2ccc(Cl)cc2Cl)nc1/C=C/c1ccc(OCc2ccc(C(=O)O)cc2)cc1. The zero-order valence-corrected chi connectivity index (χ0v) is 35.5. The molecule has 5 aromatic carbocycles. The van der Waals surface area contributed by atoms with Gasteiger partial charge in [0, 0.05) is 46.7 Å². The molecule has 0 unspecified atom stereocenters. The van der Waals surface area contributed by atoms with E-state index in [-0.39, 0.29) is 5.56 Å². The van der Waals surface area contributed by atoms with Crippen molar-refractivity contribution in [2.24, 2.45) is 0 Å². The lowest BCUT2D eigenvalue weighted by atomic mass is 10.1. The van der Waals surface area contributed by atoms with Gasteiger partial charge in [-0.05, 0) is 115 Å². The van der Waals surface area contributed by atoms with Gasteiger partial charge < -0.3 is 23.7 Å². The van der Waals surface area contributed by atoms with Crippen molar-refractivity contribution in [3.05, 3.63) is 176 Å². The first-order chi connectivity index (χ1) is 28.5. The Morgan fingerprint density at radius 2 is 1.08 bits per heavy atom. The largest absolute Gasteiger partial charge is 0.497 e. The number of aromatic carboxylic acids is 1. The quantitative estimate of drug-likeness (QED) is 0.124. The zero-order chi connectivity index (χ0) is 41.9. The molecule has 2 heterocycles. The van der Waals surface area contributed by atoms with Crippen LogP contribution in [0.15, 0.2) is 122 Å². The van der Waals surface area contributed by atoms with Gasteiger partial charge in [-0.3, -0.25) is 0 Å². The molecule has 0 fully saturated rings. The van der Waals surface area contributed by atoms with E-state index < -0.39 is 5.97 Å². The standard InChI is InChI=1S/C27H22Cl2N2O3.C20H18Cl2N2O/c1-2-31-16-25(23-13-10-21(28)15-24(23)29)30-26(31)14-7-18-5-11-22(12-6-18)34-17-19-3-8-20(9-4-19)27(32)33;1-3-24-13-19(17-10-7-15(21)12-18(17)22)23-20(24)11-6-14-4-8-16(25-2)9-5-14/h3-16H,2,17H2,1H3,(H,32,33);4-13H,3H2,1-2H3/b14-7+;11-6+. The van der Waals surface area contributed by atoms with Gasteiger partial charge in [-0.1, -0.05) is 95.0 Å². The highest BCUT2D eigenvalue weighted by molar-refractivity contribution is 6.37. The highest BCUT2D eigenvalue weighted by Crippen LogP contribution is 2.32. The van der Waals surface area contributed by atoms with Crippen LogP contribution in [-0.4, -0.2) is 37.3 Å². The molecule has 0 aliphatic rings. The van der Waals surface area contributed by atoms with Gasteiger partial charge in [0.2, 0.25) is 0 Å². The minimum atomic E-state index is -0.942. The molecule has 0 amide bonds. The van der Waals surface area contributed by atoms with E-state index in [2.05, 4.69) is 23.0 Å². The van der Waals surface area contributed by atoms with Crippen LogP contribution in [0.3, 0.4) is 0 Å². The van der Waals surface area contributed by atoms with Gasteiger partial charge in [0.25, 0.3) is 0 Å². The van der Waals surface area contributed by atoms with Crippen LogP contribution in [0.25, 0.3) is 46.8 Å². The second kappa shape index (κ2) is 20.3. The summed E-state index contributed by atoms with van der Waals surface area (Å²) in [7, 11) is 1.66. The lowest BCUT2D eigenvalue weighted by Crippen LogP contribution is -1.98. The number of hydrogen-bond donors (Lipinski definition) is 1. The third-order valence-corrected chi connectivity index (χ3v) is 10.3. The van der Waals surface area contributed by atoms with Crippen LogP contribution in [0, 0.1) is 0 Å². The van der Waals surface area contributed by atoms with Crippen LogP contribution in [0.5, 0.6) is 11.5 Å². The predicted molar refractivity (Wildman–Crippen MR) is 242 cm³/mol. The highest BCUT2D eigenvalue weighted by Gasteiger charge is 2.12. The molecule has 1 N–H and O–H groups in total. The smallest absolute Gasteiger partial charge is 0.335 e. The van der Waals surface area contributed by atoms with Crippen LogP contribution < -0.4 is 9.47 Å². The molecular weight excluding hydrogens is 826 g/mol. The number of methoxy groups -OCH3 is 1. The molecule has 12 heteroatoms. The molecule has 7 aromatic rings. The fourth-order valence-corrected chi connectivity index (χ4v) is 6.94. The van der Waals surface area contributed by atoms with Gasteiger partial charge in [0.1, 0.15) is 29.8 Å². The number of halogens is 4. The summed E-state index contributed by atoms with van der Waals surface area (Å²) in [6.07, 6.45) is 12.0. The molecule has 300 valence electrons. The maximum Gasteiger partial charge on any atom is 0.335 e. The van der Waals surface area contributed by atoms with Gasteiger partial charge in [-0.25, -0.2) is 14.8 Å². The zero-order valence-electron chi connectivity index (χ0n) is 32.5. The first-order valence-corrected chi connectivity index (χ1v) is 20.1.